The molecule has 0 aliphatic carbocycles. The summed E-state index contributed by atoms with van der Waals surface area (Å²) < 4.78 is 6.82. The van der Waals surface area contributed by atoms with Crippen molar-refractivity contribution in [1.82, 2.24) is 9.97 Å². The number of anilines is 1. The lowest BCUT2D eigenvalue weighted by Crippen LogP contribution is -2.29. The molecule has 1 unspecified atom stereocenters. The van der Waals surface area contributed by atoms with Gasteiger partial charge in [-0.2, -0.15) is 0 Å². The van der Waals surface area contributed by atoms with Crippen molar-refractivity contribution in [2.24, 2.45) is 0 Å². The Morgan fingerprint density at radius 1 is 1.21 bits per heavy atom. The van der Waals surface area contributed by atoms with Gasteiger partial charge in [-0.3, -0.25) is 0 Å². The minimum Gasteiger partial charge on any atom is -0.369 e. The van der Waals surface area contributed by atoms with Crippen molar-refractivity contribution >= 4 is 21.7 Å². The first-order valence-electron chi connectivity index (χ1n) is 6.97. The predicted molar refractivity (Wildman–Crippen MR) is 82.5 cm³/mol. The molecule has 0 saturated carbocycles. The molecule has 0 saturated heterocycles. The Morgan fingerprint density at radius 3 is 2.37 bits per heavy atom. The van der Waals surface area contributed by atoms with Crippen LogP contribution in [0.1, 0.15) is 52.6 Å². The molecule has 19 heavy (non-hydrogen) atoms. The third kappa shape index (κ3) is 3.66. The maximum Gasteiger partial charge on any atom is 0.162 e. The quantitative estimate of drug-likeness (QED) is 0.824. The summed E-state index contributed by atoms with van der Waals surface area (Å²) in [5.74, 6) is 1.61. The van der Waals surface area contributed by atoms with Crippen LogP contribution in [0.3, 0.4) is 0 Å². The van der Waals surface area contributed by atoms with Crippen molar-refractivity contribution in [2.75, 3.05) is 18.5 Å². The van der Waals surface area contributed by atoms with Crippen LogP contribution in [-0.4, -0.2) is 23.1 Å². The largest absolute Gasteiger partial charge is 0.369 e. The first-order chi connectivity index (χ1) is 9.02. The average molecular weight is 330 g/mol. The van der Waals surface area contributed by atoms with Crippen LogP contribution < -0.4 is 5.32 Å². The van der Waals surface area contributed by atoms with Gasteiger partial charge >= 0.3 is 0 Å². The monoisotopic (exact) mass is 329 g/mol. The smallest absolute Gasteiger partial charge is 0.162 e. The van der Waals surface area contributed by atoms with Crippen LogP contribution in [-0.2, 0) is 16.8 Å². The van der Waals surface area contributed by atoms with E-state index in [1.807, 2.05) is 6.92 Å². The van der Waals surface area contributed by atoms with E-state index in [9.17, 15) is 0 Å². The second-order valence-corrected chi connectivity index (χ2v) is 5.35. The molecule has 0 aliphatic heterocycles. The normalized spacial score (nSPS) is 14.2. The molecule has 1 rings (SSSR count). The van der Waals surface area contributed by atoms with Crippen LogP contribution in [0, 0.1) is 0 Å². The van der Waals surface area contributed by atoms with Gasteiger partial charge in [0.25, 0.3) is 0 Å². The Labute approximate surface area is 124 Å². The molecule has 0 aliphatic rings. The fourth-order valence-corrected chi connectivity index (χ4v) is 2.49. The first-order valence-corrected chi connectivity index (χ1v) is 7.76. The molecule has 0 amide bonds. The van der Waals surface area contributed by atoms with Crippen molar-refractivity contribution in [2.45, 2.75) is 53.1 Å². The van der Waals surface area contributed by atoms with Gasteiger partial charge in [-0.25, -0.2) is 9.97 Å². The molecule has 0 aromatic carbocycles. The number of rotatable bonds is 7. The standard InChI is InChI=1S/C14H24BrN3O/c1-6-10-11(15)12(16-8-3)18-13(17-10)14(5,7-2)19-9-4/h6-9H2,1-5H3,(H,16,17,18). The molecule has 0 fully saturated rings. The van der Waals surface area contributed by atoms with E-state index in [-0.39, 0.29) is 0 Å². The Balaban J connectivity index is 3.30. The molecule has 1 aromatic heterocycles. The van der Waals surface area contributed by atoms with Crippen LogP contribution in [0.4, 0.5) is 5.82 Å². The summed E-state index contributed by atoms with van der Waals surface area (Å²) in [6.45, 7) is 11.8. The molecule has 0 bridgehead atoms. The highest BCUT2D eigenvalue weighted by molar-refractivity contribution is 9.10. The third-order valence-electron chi connectivity index (χ3n) is 3.21. The van der Waals surface area contributed by atoms with Crippen LogP contribution in [0.25, 0.3) is 0 Å². The minimum absolute atomic E-state index is 0.427. The Hall–Kier alpha value is -0.680. The number of nitrogens with one attached hydrogen (secondary N) is 1. The zero-order chi connectivity index (χ0) is 14.5. The molecule has 1 atom stereocenters. The van der Waals surface area contributed by atoms with E-state index in [0.29, 0.717) is 6.61 Å². The molecule has 1 aromatic rings. The number of aromatic nitrogens is 2. The summed E-state index contributed by atoms with van der Waals surface area (Å²) in [5.41, 5.74) is 0.587. The lowest BCUT2D eigenvalue weighted by atomic mass is 10.0. The number of aryl methyl sites for hydroxylation is 1. The van der Waals surface area contributed by atoms with Gasteiger partial charge < -0.3 is 10.1 Å². The highest BCUT2D eigenvalue weighted by atomic mass is 79.9. The molecular weight excluding hydrogens is 306 g/mol. The van der Waals surface area contributed by atoms with Crippen molar-refractivity contribution < 1.29 is 4.74 Å². The highest BCUT2D eigenvalue weighted by Crippen LogP contribution is 2.31. The first kappa shape index (κ1) is 16.4. The molecule has 4 nitrogen and oxygen atoms in total. The van der Waals surface area contributed by atoms with Gasteiger partial charge in [0.05, 0.1) is 10.2 Å². The highest BCUT2D eigenvalue weighted by Gasteiger charge is 2.30. The van der Waals surface area contributed by atoms with Gasteiger partial charge in [-0.1, -0.05) is 13.8 Å². The van der Waals surface area contributed by atoms with Crippen molar-refractivity contribution in [3.05, 3.63) is 16.0 Å². The lowest BCUT2D eigenvalue weighted by Gasteiger charge is -2.27. The number of nitrogens with zero attached hydrogens (tertiary/aromatic N) is 2. The van der Waals surface area contributed by atoms with Crippen LogP contribution in [0.15, 0.2) is 4.47 Å². The summed E-state index contributed by atoms with van der Waals surface area (Å²) in [6.07, 6.45) is 1.71. The lowest BCUT2D eigenvalue weighted by molar-refractivity contribution is -0.0391. The van der Waals surface area contributed by atoms with Gasteiger partial charge in [0.15, 0.2) is 5.82 Å². The van der Waals surface area contributed by atoms with Gasteiger partial charge in [0, 0.05) is 13.2 Å². The zero-order valence-corrected chi connectivity index (χ0v) is 14.1. The van der Waals surface area contributed by atoms with Gasteiger partial charge in [-0.05, 0) is 49.5 Å². The number of hydrogen-bond acceptors (Lipinski definition) is 4. The number of ether oxygens (including phenoxy) is 1. The molecule has 1 heterocycles. The number of halogens is 1. The molecule has 0 spiro atoms. The molecular formula is C14H24BrN3O. The van der Waals surface area contributed by atoms with Crippen molar-refractivity contribution in [3.8, 4) is 0 Å². The van der Waals surface area contributed by atoms with E-state index in [2.05, 4.69) is 58.9 Å². The summed E-state index contributed by atoms with van der Waals surface area (Å²) in [4.78, 5) is 9.31. The van der Waals surface area contributed by atoms with Crippen LogP contribution >= 0.6 is 15.9 Å². The number of hydrogen-bond donors (Lipinski definition) is 1. The van der Waals surface area contributed by atoms with Crippen LogP contribution in [0.5, 0.6) is 0 Å². The summed E-state index contributed by atoms with van der Waals surface area (Å²) in [6, 6.07) is 0. The maximum absolute atomic E-state index is 5.87. The fraction of sp³-hybridized carbons (Fsp3) is 0.714. The summed E-state index contributed by atoms with van der Waals surface area (Å²) >= 11 is 3.58. The van der Waals surface area contributed by atoms with Crippen molar-refractivity contribution in [3.63, 3.8) is 0 Å². The van der Waals surface area contributed by atoms with E-state index in [4.69, 9.17) is 4.74 Å². The molecule has 0 radical (unpaired) electrons. The third-order valence-corrected chi connectivity index (χ3v) is 4.04. The van der Waals surface area contributed by atoms with E-state index >= 15 is 0 Å². The minimum atomic E-state index is -0.427. The van der Waals surface area contributed by atoms with Gasteiger partial charge in [0.2, 0.25) is 0 Å². The topological polar surface area (TPSA) is 47.0 Å². The van der Waals surface area contributed by atoms with E-state index in [0.717, 1.165) is 41.2 Å². The van der Waals surface area contributed by atoms with E-state index in [1.54, 1.807) is 0 Å². The van der Waals surface area contributed by atoms with Crippen molar-refractivity contribution in [1.29, 1.82) is 0 Å². The Bertz CT molecular complexity index is 425. The van der Waals surface area contributed by atoms with Crippen LogP contribution in [0.2, 0.25) is 0 Å². The average Bonchev–Trinajstić information content (AvgIpc) is 2.41. The SMILES string of the molecule is CCNc1nc(C(C)(CC)OCC)nc(CC)c1Br. The Morgan fingerprint density at radius 2 is 1.89 bits per heavy atom. The van der Waals surface area contributed by atoms with E-state index < -0.39 is 5.60 Å². The van der Waals surface area contributed by atoms with E-state index in [1.165, 1.54) is 0 Å². The summed E-state index contributed by atoms with van der Waals surface area (Å²) in [5, 5.41) is 3.28. The summed E-state index contributed by atoms with van der Waals surface area (Å²) in [7, 11) is 0. The predicted octanol–water partition coefficient (Wildman–Crippen LogP) is 3.90. The van der Waals surface area contributed by atoms with Gasteiger partial charge in [-0.15, -0.1) is 0 Å². The second-order valence-electron chi connectivity index (χ2n) is 4.56. The molecule has 1 N–H and O–H groups in total. The fourth-order valence-electron chi connectivity index (χ4n) is 1.89. The maximum atomic E-state index is 5.87. The molecule has 5 heteroatoms. The zero-order valence-electron chi connectivity index (χ0n) is 12.5. The Kier molecular flexibility index (Phi) is 6.20. The molecule has 108 valence electrons. The second kappa shape index (κ2) is 7.20. The van der Waals surface area contributed by atoms with Gasteiger partial charge in [0.1, 0.15) is 11.4 Å².